The molecule has 0 bridgehead atoms. The van der Waals surface area contributed by atoms with Crippen LogP contribution in [0, 0.1) is 11.3 Å². The summed E-state index contributed by atoms with van der Waals surface area (Å²) in [6.07, 6.45) is 36.1. The first-order chi connectivity index (χ1) is 67.5. The van der Waals surface area contributed by atoms with Crippen molar-refractivity contribution in [3.05, 3.63) is 176 Å². The summed E-state index contributed by atoms with van der Waals surface area (Å²) in [4.78, 5) is 86.2. The van der Waals surface area contributed by atoms with Gasteiger partial charge in [-0.2, -0.15) is 5.26 Å². The van der Waals surface area contributed by atoms with Crippen molar-refractivity contribution in [2.45, 2.75) is 164 Å². The van der Waals surface area contributed by atoms with Crippen molar-refractivity contribution >= 4 is 102 Å². The molecule has 4 saturated carbocycles. The number of hydrogen-bond donors (Lipinski definition) is 4. The zero-order chi connectivity index (χ0) is 93.3. The Morgan fingerprint density at radius 1 is 0.394 bits per heavy atom. The van der Waals surface area contributed by atoms with Crippen molar-refractivity contribution in [3.63, 3.8) is 0 Å². The van der Waals surface area contributed by atoms with E-state index in [0.29, 0.717) is 67.3 Å². The molecule has 718 valence electrons. The molecule has 4 N–H and O–H groups in total. The topological polar surface area (TPSA) is 396 Å². The predicted molar refractivity (Wildman–Crippen MR) is 520 cm³/mol. The van der Waals surface area contributed by atoms with Crippen LogP contribution in [0.25, 0.3) is 44.1 Å². The molecule has 0 amide bonds. The minimum Gasteiger partial charge on any atom is -0.488 e. The van der Waals surface area contributed by atoms with Gasteiger partial charge in [-0.3, -0.25) is 19.9 Å². The number of carbonyl (C=O) groups is 1. The third kappa shape index (κ3) is 25.2. The van der Waals surface area contributed by atoms with Gasteiger partial charge < -0.3 is 103 Å². The van der Waals surface area contributed by atoms with Gasteiger partial charge in [-0.25, -0.2) is 54.6 Å². The van der Waals surface area contributed by atoms with Crippen molar-refractivity contribution in [1.29, 1.82) is 5.26 Å². The number of nitriles is 1. The van der Waals surface area contributed by atoms with E-state index in [4.69, 9.17) is 62.1 Å². The van der Waals surface area contributed by atoms with Gasteiger partial charge in [0.15, 0.2) is 5.69 Å². The second kappa shape index (κ2) is 47.0. The minimum absolute atomic E-state index is 0.109. The number of rotatable bonds is 26. The highest BCUT2D eigenvalue weighted by atomic mass is 16.5. The second-order valence-corrected chi connectivity index (χ2v) is 35.3. The fraction of sp³-hybridized carbons (Fsp3) is 0.480. The lowest BCUT2D eigenvalue weighted by molar-refractivity contribution is 0.0594. The Hall–Kier alpha value is -13.2. The van der Waals surface area contributed by atoms with E-state index in [9.17, 15) is 4.79 Å². The first-order valence-electron chi connectivity index (χ1n) is 48.0. The summed E-state index contributed by atoms with van der Waals surface area (Å²) in [6.45, 7) is 14.9. The third-order valence-electron chi connectivity index (χ3n) is 26.1. The molecular formula is C100H120N24O13. The van der Waals surface area contributed by atoms with Crippen molar-refractivity contribution in [2.75, 3.05) is 192 Å². The van der Waals surface area contributed by atoms with Crippen molar-refractivity contribution in [2.24, 2.45) is 0 Å². The van der Waals surface area contributed by atoms with Crippen LogP contribution in [0.3, 0.4) is 0 Å². The maximum Gasteiger partial charge on any atom is 0.356 e. The normalized spacial score (nSPS) is 21.2. The van der Waals surface area contributed by atoms with Crippen molar-refractivity contribution in [3.8, 4) is 29.1 Å². The number of carbonyl (C=O) groups excluding carboxylic acids is 1. The van der Waals surface area contributed by atoms with Gasteiger partial charge in [-0.05, 0) is 163 Å². The second-order valence-electron chi connectivity index (χ2n) is 35.3. The van der Waals surface area contributed by atoms with Crippen molar-refractivity contribution in [1.82, 2.24) is 69.8 Å². The average molecular weight is 1870 g/mol. The van der Waals surface area contributed by atoms with Gasteiger partial charge in [0.2, 0.25) is 11.9 Å². The van der Waals surface area contributed by atoms with E-state index in [1.54, 1.807) is 88.3 Å². The van der Waals surface area contributed by atoms with Gasteiger partial charge in [0, 0.05) is 194 Å². The van der Waals surface area contributed by atoms with E-state index in [-0.39, 0.29) is 30.5 Å². The molecule has 5 aliphatic heterocycles. The lowest BCUT2D eigenvalue weighted by Gasteiger charge is -2.31. The molecular weight excluding hydrogens is 1750 g/mol. The Labute approximate surface area is 796 Å². The number of esters is 1. The van der Waals surface area contributed by atoms with Crippen LogP contribution in [0.15, 0.2) is 153 Å². The fourth-order valence-electron chi connectivity index (χ4n) is 18.9. The Balaban J connectivity index is 0.000000122. The summed E-state index contributed by atoms with van der Waals surface area (Å²) in [5, 5.41) is 23.0. The number of aromatic nitrogens is 14. The number of morpholine rings is 4. The number of hydrogen-bond acceptors (Lipinski definition) is 37. The number of nitrogens with zero attached hydrogens (tertiary/aromatic N) is 20. The standard InChI is InChI=1S/C26H35N7O4.C25H30N6O3.C25H29N5O4.C24H26N6O2/c1-34-17-33(18-35-2)21-15-29-26(30-16-21)31-19-3-5-22(6-4-19)37-24-14-20(32-9-11-36-12-10-32)13-23-25(24)28-8-7-27-23;1-3-20(4-2-18(1)29-25-28-15-17-5-10-33-16-22(17)30-25)34-23-14-19(31-8-11-32-12-9-31)13-21-24(23)27-7-6-26-21;1-32-25(31)20-3-2-4-23(29-20)28-17-5-7-19(8-6-17)34-22-16-18(30-11-13-33-14-12-30)15-21-24(22)27-10-9-26-21;25-16-18-2-1-3-23(29-18)28-17-4-6-20(7-5-17)32-22-15-19(30-10-12-31-13-11-30)14-21-24(22)27-9-8-26-21/h7-8,13-16,19,22H,3-6,9-12,17-18H2,1-2H3,(H,29,30,31);6-7,13-15,18,20H,1-5,8-12,16H2,(H,28,29,30);2-4,9-10,15-17,19H,5-8,11-14H2,1H3,(H,28,29);1-3,8-9,14-15,17,20H,4-7,10-13H2,(H,28,29). The summed E-state index contributed by atoms with van der Waals surface area (Å²) in [5.74, 6) is 5.55. The SMILES string of the molecule is COC(=O)c1cccc(NC2CCC(Oc3cc(N4CCOCC4)cc4nccnc34)CC2)n1.COCN(COC)c1cnc(NC2CCC(Oc3cc(N4CCOCC4)cc4nccnc34)CC2)nc1.N#Cc1cccc(NC2CCC(Oc3cc(N4CCOCC4)cc4nccnc34)CC2)n1.c1cnc2c(OC3CCC(Nc4ncc5c(n4)COCC5)CC3)cc(N3CCOCC3)cc2n1. The van der Waals surface area contributed by atoms with E-state index in [1.807, 2.05) is 35.4 Å². The average Bonchev–Trinajstić information content (AvgIpc) is 0.802. The molecule has 13 heterocycles. The van der Waals surface area contributed by atoms with Crippen LogP contribution in [0.5, 0.6) is 23.0 Å². The smallest absolute Gasteiger partial charge is 0.356 e. The van der Waals surface area contributed by atoms with Gasteiger partial charge in [0.25, 0.3) is 0 Å². The molecule has 0 spiro atoms. The zero-order valence-electron chi connectivity index (χ0n) is 78.0. The number of methoxy groups -OCH3 is 3. The molecule has 8 fully saturated rings. The third-order valence-corrected chi connectivity index (χ3v) is 26.1. The first-order valence-corrected chi connectivity index (χ1v) is 48.0. The van der Waals surface area contributed by atoms with Crippen LogP contribution in [0.1, 0.15) is 130 Å². The number of benzene rings is 4. The minimum atomic E-state index is -0.435. The molecule has 12 aromatic rings. The zero-order valence-corrected chi connectivity index (χ0v) is 78.0. The number of fused-ring (bicyclic) bond motifs is 5. The Morgan fingerprint density at radius 3 is 1.12 bits per heavy atom. The Bertz CT molecular complexity index is 5980. The van der Waals surface area contributed by atoms with Gasteiger partial charge in [0.1, 0.15) is 81.9 Å². The van der Waals surface area contributed by atoms with Gasteiger partial charge >= 0.3 is 5.97 Å². The van der Waals surface area contributed by atoms with Crippen LogP contribution in [0.4, 0.5) is 52.0 Å². The number of ether oxygens (including phenoxy) is 12. The van der Waals surface area contributed by atoms with E-state index in [2.05, 4.69) is 165 Å². The Kier molecular flexibility index (Phi) is 32.3. The van der Waals surface area contributed by atoms with Gasteiger partial charge in [-0.1, -0.05) is 12.1 Å². The van der Waals surface area contributed by atoms with E-state index < -0.39 is 5.97 Å². The first kappa shape index (κ1) is 94.2. The quantitative estimate of drug-likeness (QED) is 0.0289. The summed E-state index contributed by atoms with van der Waals surface area (Å²) in [7, 11) is 4.66. The Morgan fingerprint density at radius 2 is 0.745 bits per heavy atom. The van der Waals surface area contributed by atoms with Crippen LogP contribution in [-0.2, 0) is 50.9 Å². The molecule has 0 atom stereocenters. The highest BCUT2D eigenvalue weighted by Crippen LogP contribution is 2.40. The number of pyridine rings is 2. The van der Waals surface area contributed by atoms with Gasteiger partial charge in [0.05, 0.1) is 143 Å². The monoisotopic (exact) mass is 1860 g/mol. The van der Waals surface area contributed by atoms with Crippen molar-refractivity contribution < 1.29 is 61.6 Å². The summed E-state index contributed by atoms with van der Waals surface area (Å²) >= 11 is 0. The molecule has 137 heavy (non-hydrogen) atoms. The molecule has 37 nitrogen and oxygen atoms in total. The summed E-state index contributed by atoms with van der Waals surface area (Å²) in [6, 6.07) is 30.9. The highest BCUT2D eigenvalue weighted by molar-refractivity contribution is 5.89. The maximum atomic E-state index is 11.7. The van der Waals surface area contributed by atoms with Gasteiger partial charge in [-0.15, -0.1) is 0 Å². The largest absolute Gasteiger partial charge is 0.488 e. The fourth-order valence-corrected chi connectivity index (χ4v) is 18.9. The van der Waals surface area contributed by atoms with E-state index in [1.165, 1.54) is 12.7 Å². The van der Waals surface area contributed by atoms with E-state index >= 15 is 0 Å². The summed E-state index contributed by atoms with van der Waals surface area (Å²) < 4.78 is 68.9. The molecule has 21 rings (SSSR count). The molecule has 0 radical (unpaired) electrons. The summed E-state index contributed by atoms with van der Waals surface area (Å²) in [5.41, 5.74) is 14.9. The molecule has 4 aromatic carbocycles. The lowest BCUT2D eigenvalue weighted by atomic mass is 9.93. The van der Waals surface area contributed by atoms with E-state index in [0.717, 1.165) is 328 Å². The molecule has 4 saturated heterocycles. The molecule has 0 unspecified atom stereocenters. The molecule has 4 aliphatic carbocycles. The van der Waals surface area contributed by atoms with Crippen LogP contribution >= 0.6 is 0 Å². The van der Waals surface area contributed by atoms with Crippen LogP contribution < -0.4 is 64.7 Å². The molecule has 9 aliphatic rings. The lowest BCUT2D eigenvalue weighted by Crippen LogP contribution is -2.36. The van der Waals surface area contributed by atoms with Crippen LogP contribution in [-0.4, -0.2) is 271 Å². The molecule has 8 aromatic heterocycles. The predicted octanol–water partition coefficient (Wildman–Crippen LogP) is 13.2. The molecule has 37 heteroatoms. The number of anilines is 9. The number of nitrogens with one attached hydrogen (secondary N) is 4. The highest BCUT2D eigenvalue weighted by Gasteiger charge is 2.32. The van der Waals surface area contributed by atoms with Crippen LogP contribution in [0.2, 0.25) is 0 Å². The maximum absolute atomic E-state index is 11.7.